The molecule has 0 heterocycles. The van der Waals surface area contributed by atoms with Gasteiger partial charge in [0, 0.05) is 12.3 Å². The molecule has 0 spiro atoms. The summed E-state index contributed by atoms with van der Waals surface area (Å²) in [6.07, 6.45) is 1.95. The lowest BCUT2D eigenvalue weighted by molar-refractivity contribution is -0.148. The van der Waals surface area contributed by atoms with Crippen LogP contribution in [0.5, 0.6) is 0 Å². The highest BCUT2D eigenvalue weighted by molar-refractivity contribution is 5.87. The number of carboxylic acid groups (broad SMARTS) is 1. The molecular formula is C8H12O3. The molecule has 0 aromatic rings. The van der Waals surface area contributed by atoms with Crippen LogP contribution in [0.15, 0.2) is 0 Å². The average Bonchev–Trinajstić information content (AvgIpc) is 1.94. The molecule has 3 heteroatoms. The van der Waals surface area contributed by atoms with E-state index in [0.717, 1.165) is 6.42 Å². The Labute approximate surface area is 65.4 Å². The van der Waals surface area contributed by atoms with Crippen molar-refractivity contribution in [2.24, 2.45) is 11.8 Å². The molecule has 1 rings (SSSR count). The van der Waals surface area contributed by atoms with E-state index in [0.29, 0.717) is 12.8 Å². The van der Waals surface area contributed by atoms with E-state index in [9.17, 15) is 9.59 Å². The van der Waals surface area contributed by atoms with E-state index in [1.165, 1.54) is 0 Å². The molecule has 0 saturated heterocycles. The van der Waals surface area contributed by atoms with Crippen molar-refractivity contribution in [3.05, 3.63) is 0 Å². The zero-order valence-electron chi connectivity index (χ0n) is 6.54. The summed E-state index contributed by atoms with van der Waals surface area (Å²) in [4.78, 5) is 21.6. The maximum absolute atomic E-state index is 11.0. The first-order valence-electron chi connectivity index (χ1n) is 3.88. The lowest BCUT2D eigenvalue weighted by Crippen LogP contribution is -2.31. The van der Waals surface area contributed by atoms with Gasteiger partial charge in [-0.1, -0.05) is 6.92 Å². The van der Waals surface area contributed by atoms with Crippen LogP contribution < -0.4 is 0 Å². The van der Waals surface area contributed by atoms with E-state index in [-0.39, 0.29) is 11.7 Å². The lowest BCUT2D eigenvalue weighted by Gasteiger charge is -2.23. The Kier molecular flexibility index (Phi) is 2.27. The maximum atomic E-state index is 11.0. The number of carbonyl (C=O) groups is 2. The van der Waals surface area contributed by atoms with Gasteiger partial charge in [-0.15, -0.1) is 0 Å². The van der Waals surface area contributed by atoms with Gasteiger partial charge in [-0.2, -0.15) is 0 Å². The van der Waals surface area contributed by atoms with Gasteiger partial charge in [0.2, 0.25) is 0 Å². The fourth-order valence-electron chi connectivity index (χ4n) is 1.54. The molecule has 0 aromatic heterocycles. The second-order valence-electron chi connectivity index (χ2n) is 3.09. The summed E-state index contributed by atoms with van der Waals surface area (Å²) < 4.78 is 0. The van der Waals surface area contributed by atoms with Gasteiger partial charge in [-0.05, 0) is 12.8 Å². The summed E-state index contributed by atoms with van der Waals surface area (Å²) in [6.45, 7) is 1.71. The van der Waals surface area contributed by atoms with Crippen molar-refractivity contribution in [3.63, 3.8) is 0 Å². The number of carboxylic acids is 1. The number of ketones is 1. The topological polar surface area (TPSA) is 54.4 Å². The summed E-state index contributed by atoms with van der Waals surface area (Å²) in [7, 11) is 0. The molecular weight excluding hydrogens is 144 g/mol. The fourth-order valence-corrected chi connectivity index (χ4v) is 1.54. The molecule has 1 fully saturated rings. The van der Waals surface area contributed by atoms with Crippen molar-refractivity contribution in [1.82, 2.24) is 0 Å². The van der Waals surface area contributed by atoms with Crippen LogP contribution in [0, 0.1) is 11.8 Å². The van der Waals surface area contributed by atoms with E-state index in [1.807, 2.05) is 0 Å². The van der Waals surface area contributed by atoms with Crippen molar-refractivity contribution in [3.8, 4) is 0 Å². The van der Waals surface area contributed by atoms with Gasteiger partial charge in [0.1, 0.15) is 5.78 Å². The number of hydrogen-bond donors (Lipinski definition) is 1. The third-order valence-corrected chi connectivity index (χ3v) is 2.37. The Hall–Kier alpha value is -0.860. The van der Waals surface area contributed by atoms with Crippen molar-refractivity contribution in [1.29, 1.82) is 0 Å². The Morgan fingerprint density at radius 3 is 2.73 bits per heavy atom. The molecule has 3 nitrogen and oxygen atoms in total. The second-order valence-corrected chi connectivity index (χ2v) is 3.09. The quantitative estimate of drug-likeness (QED) is 0.618. The van der Waals surface area contributed by atoms with Crippen LogP contribution in [-0.4, -0.2) is 16.9 Å². The number of carbonyl (C=O) groups excluding carboxylic acids is 1. The first-order valence-corrected chi connectivity index (χ1v) is 3.88. The van der Waals surface area contributed by atoms with Crippen molar-refractivity contribution in [2.75, 3.05) is 0 Å². The van der Waals surface area contributed by atoms with E-state index in [2.05, 4.69) is 0 Å². The van der Waals surface area contributed by atoms with Gasteiger partial charge in [-0.25, -0.2) is 0 Å². The Balaban J connectivity index is 2.65. The van der Waals surface area contributed by atoms with Crippen LogP contribution in [0.25, 0.3) is 0 Å². The minimum Gasteiger partial charge on any atom is -0.481 e. The van der Waals surface area contributed by atoms with Crippen molar-refractivity contribution >= 4 is 11.8 Å². The van der Waals surface area contributed by atoms with Crippen LogP contribution in [0.1, 0.15) is 26.2 Å². The van der Waals surface area contributed by atoms with E-state index in [4.69, 9.17) is 5.11 Å². The number of Topliss-reactive ketones (excluding diaryl/α,β-unsaturated/α-hetero) is 1. The van der Waals surface area contributed by atoms with Crippen LogP contribution >= 0.6 is 0 Å². The molecule has 0 aliphatic heterocycles. The van der Waals surface area contributed by atoms with E-state index >= 15 is 0 Å². The number of rotatable bonds is 1. The highest BCUT2D eigenvalue weighted by Gasteiger charge is 2.32. The van der Waals surface area contributed by atoms with Gasteiger partial charge in [0.05, 0.1) is 5.92 Å². The lowest BCUT2D eigenvalue weighted by atomic mass is 9.80. The molecule has 0 radical (unpaired) electrons. The largest absolute Gasteiger partial charge is 0.481 e. The maximum Gasteiger partial charge on any atom is 0.307 e. The fraction of sp³-hybridized carbons (Fsp3) is 0.750. The Morgan fingerprint density at radius 1 is 1.64 bits per heavy atom. The van der Waals surface area contributed by atoms with Crippen LogP contribution in [0.2, 0.25) is 0 Å². The highest BCUT2D eigenvalue weighted by Crippen LogP contribution is 2.26. The summed E-state index contributed by atoms with van der Waals surface area (Å²) in [5, 5.41) is 8.67. The van der Waals surface area contributed by atoms with Gasteiger partial charge in [0.25, 0.3) is 0 Å². The van der Waals surface area contributed by atoms with Gasteiger partial charge in [0.15, 0.2) is 0 Å². The zero-order valence-corrected chi connectivity index (χ0v) is 6.54. The smallest absolute Gasteiger partial charge is 0.307 e. The minimum atomic E-state index is -0.828. The van der Waals surface area contributed by atoms with E-state index in [1.54, 1.807) is 6.92 Å². The molecule has 0 bridgehead atoms. The normalized spacial score (nSPS) is 31.9. The van der Waals surface area contributed by atoms with E-state index < -0.39 is 11.9 Å². The summed E-state index contributed by atoms with van der Waals surface area (Å²) in [5.74, 6) is -1.44. The van der Waals surface area contributed by atoms with Crippen LogP contribution in [-0.2, 0) is 9.59 Å². The van der Waals surface area contributed by atoms with Gasteiger partial charge >= 0.3 is 5.97 Å². The van der Waals surface area contributed by atoms with Crippen molar-refractivity contribution in [2.45, 2.75) is 26.2 Å². The third-order valence-electron chi connectivity index (χ3n) is 2.37. The molecule has 1 N–H and O–H groups in total. The SMILES string of the molecule is CC1C(=O)CCCC1C(=O)O. The zero-order chi connectivity index (χ0) is 8.43. The third kappa shape index (κ3) is 1.59. The van der Waals surface area contributed by atoms with Crippen LogP contribution in [0.3, 0.4) is 0 Å². The predicted octanol–water partition coefficient (Wildman–Crippen LogP) is 1.08. The minimum absolute atomic E-state index is 0.101. The molecule has 2 atom stereocenters. The molecule has 1 aliphatic rings. The number of aliphatic carboxylic acids is 1. The Morgan fingerprint density at radius 2 is 2.27 bits per heavy atom. The summed E-state index contributed by atoms with van der Waals surface area (Å²) >= 11 is 0. The first-order chi connectivity index (χ1) is 5.13. The second kappa shape index (κ2) is 3.03. The first kappa shape index (κ1) is 8.24. The van der Waals surface area contributed by atoms with Gasteiger partial charge < -0.3 is 5.11 Å². The number of hydrogen-bond acceptors (Lipinski definition) is 2. The Bertz CT molecular complexity index is 186. The molecule has 2 unspecified atom stereocenters. The molecule has 62 valence electrons. The van der Waals surface area contributed by atoms with Crippen LogP contribution in [0.4, 0.5) is 0 Å². The molecule has 1 aliphatic carbocycles. The average molecular weight is 156 g/mol. The molecule has 0 amide bonds. The predicted molar refractivity (Wildman–Crippen MR) is 39.1 cm³/mol. The monoisotopic (exact) mass is 156 g/mol. The highest BCUT2D eigenvalue weighted by atomic mass is 16.4. The van der Waals surface area contributed by atoms with Gasteiger partial charge in [-0.3, -0.25) is 9.59 Å². The summed E-state index contributed by atoms with van der Waals surface area (Å²) in [6, 6.07) is 0. The van der Waals surface area contributed by atoms with Crippen molar-refractivity contribution < 1.29 is 14.7 Å². The molecule has 0 aromatic carbocycles. The molecule has 1 saturated carbocycles. The standard InChI is InChI=1S/C8H12O3/c1-5-6(8(10)11)3-2-4-7(5)9/h5-6H,2-4H2,1H3,(H,10,11). The summed E-state index contributed by atoms with van der Waals surface area (Å²) in [5.41, 5.74) is 0. The molecule has 11 heavy (non-hydrogen) atoms.